The van der Waals surface area contributed by atoms with Gasteiger partial charge in [0.2, 0.25) is 0 Å². The number of aryl methyl sites for hydroxylation is 1. The Morgan fingerprint density at radius 3 is 2.41 bits per heavy atom. The smallest absolute Gasteiger partial charge is 0.251 e. The maximum absolute atomic E-state index is 12.1. The summed E-state index contributed by atoms with van der Waals surface area (Å²) in [5.41, 5.74) is 0.568. The summed E-state index contributed by atoms with van der Waals surface area (Å²) >= 11 is 0. The van der Waals surface area contributed by atoms with Crippen LogP contribution in [0, 0.1) is 0 Å². The predicted molar refractivity (Wildman–Crippen MR) is 84.3 cm³/mol. The van der Waals surface area contributed by atoms with Crippen LogP contribution in [0.3, 0.4) is 0 Å². The summed E-state index contributed by atoms with van der Waals surface area (Å²) in [4.78, 5) is 16.3. The molecule has 1 aromatic carbocycles. The third-order valence-electron chi connectivity index (χ3n) is 3.90. The van der Waals surface area contributed by atoms with Crippen molar-refractivity contribution in [3.8, 4) is 11.4 Å². The molecule has 0 saturated heterocycles. The number of carbonyl (C=O) groups is 1. The molecule has 2 rings (SSSR count). The third kappa shape index (κ3) is 3.71. The Kier molecular flexibility index (Phi) is 4.92. The van der Waals surface area contributed by atoms with Gasteiger partial charge in [-0.2, -0.15) is 5.10 Å². The van der Waals surface area contributed by atoms with Gasteiger partial charge in [0.1, 0.15) is 6.33 Å². The molecule has 0 unspecified atom stereocenters. The summed E-state index contributed by atoms with van der Waals surface area (Å²) in [7, 11) is 1.81. The standard InChI is InChI=1S/C16H22N4O2/c1-4-16(22,5-2)10-17-15(21)13-8-6-12(7-9-13)14-18-11-20(3)19-14/h6-9,11,22H,4-5,10H2,1-3H3,(H,17,21). The first-order valence-corrected chi connectivity index (χ1v) is 7.44. The van der Waals surface area contributed by atoms with E-state index in [0.717, 1.165) is 5.56 Å². The third-order valence-corrected chi connectivity index (χ3v) is 3.90. The SMILES string of the molecule is CCC(O)(CC)CNC(=O)c1ccc(-c2ncn(C)n2)cc1. The Morgan fingerprint density at radius 2 is 1.91 bits per heavy atom. The Bertz CT molecular complexity index is 630. The topological polar surface area (TPSA) is 80.0 Å². The maximum Gasteiger partial charge on any atom is 0.251 e. The van der Waals surface area contributed by atoms with Crippen LogP contribution in [-0.2, 0) is 7.05 Å². The van der Waals surface area contributed by atoms with Crippen LogP contribution in [0.15, 0.2) is 30.6 Å². The second-order valence-corrected chi connectivity index (χ2v) is 5.43. The molecule has 1 aromatic heterocycles. The van der Waals surface area contributed by atoms with Gasteiger partial charge in [-0.3, -0.25) is 9.48 Å². The molecule has 0 bridgehead atoms. The molecule has 0 saturated carbocycles. The van der Waals surface area contributed by atoms with Crippen molar-refractivity contribution in [1.82, 2.24) is 20.1 Å². The molecule has 0 spiro atoms. The lowest BCUT2D eigenvalue weighted by molar-refractivity contribution is 0.0314. The van der Waals surface area contributed by atoms with E-state index in [1.807, 2.05) is 26.0 Å². The molecule has 0 aliphatic heterocycles. The fourth-order valence-electron chi connectivity index (χ4n) is 2.09. The number of hydrogen-bond acceptors (Lipinski definition) is 4. The summed E-state index contributed by atoms with van der Waals surface area (Å²) in [6.45, 7) is 4.07. The number of amides is 1. The van der Waals surface area contributed by atoms with Crippen molar-refractivity contribution >= 4 is 5.91 Å². The van der Waals surface area contributed by atoms with Gasteiger partial charge in [0, 0.05) is 24.7 Å². The van der Waals surface area contributed by atoms with E-state index in [1.54, 1.807) is 30.2 Å². The van der Waals surface area contributed by atoms with Gasteiger partial charge < -0.3 is 10.4 Å². The van der Waals surface area contributed by atoms with Crippen LogP contribution in [0.2, 0.25) is 0 Å². The number of nitrogens with zero attached hydrogens (tertiary/aromatic N) is 3. The van der Waals surface area contributed by atoms with Gasteiger partial charge in [0.15, 0.2) is 5.82 Å². The minimum Gasteiger partial charge on any atom is -0.388 e. The lowest BCUT2D eigenvalue weighted by Crippen LogP contribution is -2.42. The van der Waals surface area contributed by atoms with E-state index in [-0.39, 0.29) is 12.5 Å². The van der Waals surface area contributed by atoms with Crippen LogP contribution in [0.1, 0.15) is 37.0 Å². The van der Waals surface area contributed by atoms with Crippen molar-refractivity contribution in [2.24, 2.45) is 7.05 Å². The molecule has 1 heterocycles. The summed E-state index contributed by atoms with van der Waals surface area (Å²) < 4.78 is 1.63. The van der Waals surface area contributed by atoms with Gasteiger partial charge in [-0.25, -0.2) is 4.98 Å². The summed E-state index contributed by atoms with van der Waals surface area (Å²) in [6.07, 6.45) is 2.84. The van der Waals surface area contributed by atoms with Crippen LogP contribution in [0.25, 0.3) is 11.4 Å². The Balaban J connectivity index is 2.02. The molecule has 1 amide bonds. The second kappa shape index (κ2) is 6.70. The predicted octanol–water partition coefficient (Wildman–Crippen LogP) is 1.76. The normalized spacial score (nSPS) is 11.5. The highest BCUT2D eigenvalue weighted by Crippen LogP contribution is 2.16. The van der Waals surface area contributed by atoms with Gasteiger partial charge in [0.25, 0.3) is 5.91 Å². The van der Waals surface area contributed by atoms with E-state index in [2.05, 4.69) is 15.4 Å². The van der Waals surface area contributed by atoms with E-state index < -0.39 is 5.60 Å². The summed E-state index contributed by atoms with van der Waals surface area (Å²) in [5.74, 6) is 0.432. The minimum atomic E-state index is -0.840. The molecule has 6 nitrogen and oxygen atoms in total. The second-order valence-electron chi connectivity index (χ2n) is 5.43. The zero-order chi connectivity index (χ0) is 16.2. The van der Waals surface area contributed by atoms with Gasteiger partial charge in [-0.15, -0.1) is 0 Å². The molecular weight excluding hydrogens is 280 g/mol. The summed E-state index contributed by atoms with van der Waals surface area (Å²) in [6, 6.07) is 7.10. The zero-order valence-corrected chi connectivity index (χ0v) is 13.2. The fourth-order valence-corrected chi connectivity index (χ4v) is 2.09. The molecule has 22 heavy (non-hydrogen) atoms. The van der Waals surface area contributed by atoms with Crippen molar-refractivity contribution in [3.05, 3.63) is 36.2 Å². The lowest BCUT2D eigenvalue weighted by Gasteiger charge is -2.25. The first kappa shape index (κ1) is 16.2. The fraction of sp³-hybridized carbons (Fsp3) is 0.438. The number of aliphatic hydroxyl groups is 1. The molecule has 0 atom stereocenters. The average Bonchev–Trinajstić information content (AvgIpc) is 2.99. The molecule has 2 aromatic rings. The highest BCUT2D eigenvalue weighted by molar-refractivity contribution is 5.94. The van der Waals surface area contributed by atoms with Crippen molar-refractivity contribution < 1.29 is 9.90 Å². The number of carbonyl (C=O) groups excluding carboxylic acids is 1. The average molecular weight is 302 g/mol. The Hall–Kier alpha value is -2.21. The van der Waals surface area contributed by atoms with E-state index in [1.165, 1.54) is 0 Å². The number of hydrogen-bond donors (Lipinski definition) is 2. The molecule has 118 valence electrons. The Morgan fingerprint density at radius 1 is 1.27 bits per heavy atom. The quantitative estimate of drug-likeness (QED) is 0.852. The number of benzene rings is 1. The molecule has 0 radical (unpaired) electrons. The first-order chi connectivity index (χ1) is 10.5. The molecular formula is C16H22N4O2. The van der Waals surface area contributed by atoms with Crippen molar-refractivity contribution in [3.63, 3.8) is 0 Å². The van der Waals surface area contributed by atoms with E-state index in [0.29, 0.717) is 24.2 Å². The van der Waals surface area contributed by atoms with Gasteiger partial charge in [-0.05, 0) is 25.0 Å². The Labute approximate surface area is 130 Å². The highest BCUT2D eigenvalue weighted by atomic mass is 16.3. The van der Waals surface area contributed by atoms with Crippen LogP contribution in [-0.4, -0.2) is 37.9 Å². The van der Waals surface area contributed by atoms with Gasteiger partial charge >= 0.3 is 0 Å². The minimum absolute atomic E-state index is 0.194. The first-order valence-electron chi connectivity index (χ1n) is 7.44. The van der Waals surface area contributed by atoms with Crippen molar-refractivity contribution in [1.29, 1.82) is 0 Å². The van der Waals surface area contributed by atoms with Crippen LogP contribution >= 0.6 is 0 Å². The summed E-state index contributed by atoms with van der Waals surface area (Å²) in [5, 5.41) is 17.2. The van der Waals surface area contributed by atoms with E-state index in [4.69, 9.17) is 0 Å². The number of rotatable bonds is 6. The van der Waals surface area contributed by atoms with Crippen molar-refractivity contribution in [2.45, 2.75) is 32.3 Å². The highest BCUT2D eigenvalue weighted by Gasteiger charge is 2.22. The number of nitrogens with one attached hydrogen (secondary N) is 1. The molecule has 0 fully saturated rings. The van der Waals surface area contributed by atoms with E-state index >= 15 is 0 Å². The molecule has 0 aliphatic rings. The van der Waals surface area contributed by atoms with Crippen LogP contribution in [0.5, 0.6) is 0 Å². The monoisotopic (exact) mass is 302 g/mol. The van der Waals surface area contributed by atoms with Crippen molar-refractivity contribution in [2.75, 3.05) is 6.54 Å². The van der Waals surface area contributed by atoms with Crippen LogP contribution in [0.4, 0.5) is 0 Å². The zero-order valence-electron chi connectivity index (χ0n) is 13.2. The van der Waals surface area contributed by atoms with Crippen LogP contribution < -0.4 is 5.32 Å². The molecule has 2 N–H and O–H groups in total. The largest absolute Gasteiger partial charge is 0.388 e. The van der Waals surface area contributed by atoms with E-state index in [9.17, 15) is 9.90 Å². The molecule has 0 aliphatic carbocycles. The number of aromatic nitrogens is 3. The van der Waals surface area contributed by atoms with Gasteiger partial charge in [0.05, 0.1) is 5.60 Å². The van der Waals surface area contributed by atoms with Gasteiger partial charge in [-0.1, -0.05) is 26.0 Å². The maximum atomic E-state index is 12.1. The molecule has 6 heteroatoms. The lowest BCUT2D eigenvalue weighted by atomic mass is 9.97.